The van der Waals surface area contributed by atoms with Crippen LogP contribution in [0.3, 0.4) is 0 Å². The molecule has 1 aliphatic heterocycles. The van der Waals surface area contributed by atoms with Crippen LogP contribution in [0.4, 0.5) is 4.79 Å². The first kappa shape index (κ1) is 28.5. The number of rotatable bonds is 13. The molecular formula is C26H30Cl2N4O5S. The summed E-state index contributed by atoms with van der Waals surface area (Å²) in [5, 5.41) is 12.6. The quantitative estimate of drug-likeness (QED) is 0.338. The number of hydrogen-bond acceptors (Lipinski definition) is 6. The van der Waals surface area contributed by atoms with Gasteiger partial charge in [0.1, 0.15) is 16.5 Å². The fraction of sp³-hybridized carbons (Fsp3) is 0.423. The number of amides is 1. The van der Waals surface area contributed by atoms with Gasteiger partial charge in [0.05, 0.1) is 29.7 Å². The van der Waals surface area contributed by atoms with Crippen LogP contribution < -0.4 is 5.32 Å². The number of amidine groups is 1. The van der Waals surface area contributed by atoms with Gasteiger partial charge in [-0.15, -0.1) is 0 Å². The second-order valence-electron chi connectivity index (χ2n) is 9.33. The molecule has 204 valence electrons. The Kier molecular flexibility index (Phi) is 9.43. The number of nitrogens with zero attached hydrogens (tertiary/aromatic N) is 3. The lowest BCUT2D eigenvalue weighted by atomic mass is 10.1. The van der Waals surface area contributed by atoms with Crippen LogP contribution in [0.5, 0.6) is 0 Å². The van der Waals surface area contributed by atoms with E-state index < -0.39 is 16.1 Å². The Morgan fingerprint density at radius 3 is 2.39 bits per heavy atom. The Balaban J connectivity index is 1.20. The SMILES string of the molecule is O=C(CCCCN(C1CC1)S(=O)(=O)c1c(Cl)cccc1Cl)CNCc1ccc(C2=NCCN2C(=O)O)cc1. The predicted octanol–water partition coefficient (Wildman–Crippen LogP) is 4.42. The van der Waals surface area contributed by atoms with E-state index in [0.717, 1.165) is 24.0 Å². The molecular weight excluding hydrogens is 551 g/mol. The molecule has 1 heterocycles. The van der Waals surface area contributed by atoms with Crippen molar-refractivity contribution in [3.05, 3.63) is 63.6 Å². The van der Waals surface area contributed by atoms with Crippen molar-refractivity contribution >= 4 is 50.9 Å². The van der Waals surface area contributed by atoms with Gasteiger partial charge in [0.15, 0.2) is 0 Å². The maximum absolute atomic E-state index is 13.2. The highest BCUT2D eigenvalue weighted by atomic mass is 35.5. The summed E-state index contributed by atoms with van der Waals surface area (Å²) >= 11 is 12.3. The number of Topliss-reactive ketones (excluding diaryl/α,β-unsaturated/α-hetero) is 1. The van der Waals surface area contributed by atoms with Crippen molar-refractivity contribution in [2.45, 2.75) is 49.6 Å². The second kappa shape index (κ2) is 12.6. The van der Waals surface area contributed by atoms with Gasteiger partial charge in [-0.3, -0.25) is 14.7 Å². The van der Waals surface area contributed by atoms with Crippen LogP contribution in [0.1, 0.15) is 43.2 Å². The third-order valence-corrected chi connectivity index (χ3v) is 9.37. The molecule has 1 amide bonds. The fourth-order valence-corrected chi connectivity index (χ4v) is 7.20. The molecule has 1 aliphatic carbocycles. The fourth-order valence-electron chi connectivity index (χ4n) is 4.38. The molecule has 4 rings (SSSR count). The number of ketones is 1. The number of carbonyl (C=O) groups excluding carboxylic acids is 1. The molecule has 1 saturated carbocycles. The van der Waals surface area contributed by atoms with Crippen molar-refractivity contribution in [2.75, 3.05) is 26.2 Å². The third-order valence-electron chi connectivity index (χ3n) is 6.46. The van der Waals surface area contributed by atoms with Gasteiger partial charge >= 0.3 is 6.09 Å². The highest BCUT2D eigenvalue weighted by molar-refractivity contribution is 7.89. The Hall–Kier alpha value is -2.50. The van der Waals surface area contributed by atoms with Gasteiger partial charge in [0.25, 0.3) is 0 Å². The van der Waals surface area contributed by atoms with Gasteiger partial charge in [-0.25, -0.2) is 13.2 Å². The van der Waals surface area contributed by atoms with Crippen molar-refractivity contribution in [2.24, 2.45) is 4.99 Å². The highest BCUT2D eigenvalue weighted by Crippen LogP contribution is 2.37. The zero-order valence-electron chi connectivity index (χ0n) is 20.8. The molecule has 0 bridgehead atoms. The summed E-state index contributed by atoms with van der Waals surface area (Å²) < 4.78 is 28.0. The molecule has 0 saturated heterocycles. The Morgan fingerprint density at radius 2 is 1.76 bits per heavy atom. The van der Waals surface area contributed by atoms with Crippen LogP contribution in [0.15, 0.2) is 52.4 Å². The topological polar surface area (TPSA) is 119 Å². The maximum Gasteiger partial charge on any atom is 0.413 e. The lowest BCUT2D eigenvalue weighted by molar-refractivity contribution is -0.118. The summed E-state index contributed by atoms with van der Waals surface area (Å²) in [5.74, 6) is 0.504. The van der Waals surface area contributed by atoms with Crippen molar-refractivity contribution in [1.29, 1.82) is 0 Å². The molecule has 12 heteroatoms. The molecule has 2 aliphatic rings. The summed E-state index contributed by atoms with van der Waals surface area (Å²) in [5.41, 5.74) is 1.70. The summed E-state index contributed by atoms with van der Waals surface area (Å²) in [6.07, 6.45) is 2.07. The van der Waals surface area contributed by atoms with E-state index in [2.05, 4.69) is 10.3 Å². The number of carbonyl (C=O) groups is 2. The highest BCUT2D eigenvalue weighted by Gasteiger charge is 2.39. The van der Waals surface area contributed by atoms with Crippen LogP contribution in [0.25, 0.3) is 0 Å². The molecule has 0 radical (unpaired) electrons. The molecule has 0 spiro atoms. The van der Waals surface area contributed by atoms with Crippen LogP contribution in [-0.4, -0.2) is 72.7 Å². The average Bonchev–Trinajstić information content (AvgIpc) is 3.57. The van der Waals surface area contributed by atoms with E-state index in [1.165, 1.54) is 21.3 Å². The number of unbranched alkanes of at least 4 members (excludes halogenated alkanes) is 1. The number of sulfonamides is 1. The van der Waals surface area contributed by atoms with Gasteiger partial charge in [-0.2, -0.15) is 4.31 Å². The van der Waals surface area contributed by atoms with Gasteiger partial charge in [-0.1, -0.05) is 53.5 Å². The van der Waals surface area contributed by atoms with E-state index in [4.69, 9.17) is 23.2 Å². The van der Waals surface area contributed by atoms with E-state index in [0.29, 0.717) is 51.3 Å². The Labute approximate surface area is 232 Å². The van der Waals surface area contributed by atoms with Gasteiger partial charge in [-0.05, 0) is 43.4 Å². The number of hydrogen-bond donors (Lipinski definition) is 2. The predicted molar refractivity (Wildman–Crippen MR) is 147 cm³/mol. The number of halogens is 2. The minimum atomic E-state index is -3.83. The first-order chi connectivity index (χ1) is 18.2. The summed E-state index contributed by atoms with van der Waals surface area (Å²) in [7, 11) is -3.83. The third kappa shape index (κ3) is 6.92. The number of benzene rings is 2. The molecule has 2 aromatic rings. The van der Waals surface area contributed by atoms with Gasteiger partial charge < -0.3 is 10.4 Å². The van der Waals surface area contributed by atoms with Crippen molar-refractivity contribution in [1.82, 2.24) is 14.5 Å². The number of carboxylic acid groups (broad SMARTS) is 1. The van der Waals surface area contributed by atoms with Gasteiger partial charge in [0, 0.05) is 31.1 Å². The lowest BCUT2D eigenvalue weighted by Crippen LogP contribution is -2.34. The standard InChI is InChI=1S/C26H30Cl2N4O5S/c27-22-5-3-6-23(28)24(22)38(36,37)32(20-11-12-20)14-2-1-4-21(33)17-29-16-18-7-9-19(10-8-18)25-30-13-15-31(25)26(34)35/h3,5-10,20,29H,1-2,4,11-17H2,(H,34,35). The molecule has 0 aromatic heterocycles. The number of aliphatic imine (C=N–C) groups is 1. The Bertz CT molecular complexity index is 1290. The van der Waals surface area contributed by atoms with Crippen LogP contribution >= 0.6 is 23.2 Å². The smallest absolute Gasteiger partial charge is 0.413 e. The van der Waals surface area contributed by atoms with Gasteiger partial charge in [0.2, 0.25) is 10.0 Å². The van der Waals surface area contributed by atoms with Crippen molar-refractivity contribution in [3.63, 3.8) is 0 Å². The maximum atomic E-state index is 13.2. The van der Waals surface area contributed by atoms with Crippen LogP contribution in [0, 0.1) is 0 Å². The minimum absolute atomic E-state index is 0.0500. The minimum Gasteiger partial charge on any atom is -0.465 e. The number of nitrogens with one attached hydrogen (secondary N) is 1. The largest absolute Gasteiger partial charge is 0.465 e. The van der Waals surface area contributed by atoms with Crippen LogP contribution in [-0.2, 0) is 21.4 Å². The normalized spacial score (nSPS) is 15.7. The molecule has 38 heavy (non-hydrogen) atoms. The summed E-state index contributed by atoms with van der Waals surface area (Å²) in [6.45, 7) is 1.83. The molecule has 2 N–H and O–H groups in total. The molecule has 1 fully saturated rings. The summed E-state index contributed by atoms with van der Waals surface area (Å²) in [4.78, 5) is 29.1. The second-order valence-corrected chi connectivity index (χ2v) is 12.0. The average molecular weight is 582 g/mol. The van der Waals surface area contributed by atoms with E-state index >= 15 is 0 Å². The zero-order chi connectivity index (χ0) is 27.3. The molecule has 0 unspecified atom stereocenters. The van der Waals surface area contributed by atoms with Crippen molar-refractivity contribution < 1.29 is 23.1 Å². The molecule has 0 atom stereocenters. The van der Waals surface area contributed by atoms with E-state index in [1.807, 2.05) is 24.3 Å². The Morgan fingerprint density at radius 1 is 1.08 bits per heavy atom. The monoisotopic (exact) mass is 580 g/mol. The van der Waals surface area contributed by atoms with E-state index in [1.54, 1.807) is 6.07 Å². The zero-order valence-corrected chi connectivity index (χ0v) is 23.1. The lowest BCUT2D eigenvalue weighted by Gasteiger charge is -2.23. The van der Waals surface area contributed by atoms with Crippen LogP contribution in [0.2, 0.25) is 10.0 Å². The van der Waals surface area contributed by atoms with E-state index in [9.17, 15) is 23.1 Å². The first-order valence-electron chi connectivity index (χ1n) is 12.5. The van der Waals surface area contributed by atoms with E-state index in [-0.39, 0.29) is 33.3 Å². The van der Waals surface area contributed by atoms with Crippen molar-refractivity contribution in [3.8, 4) is 0 Å². The first-order valence-corrected chi connectivity index (χ1v) is 14.7. The summed E-state index contributed by atoms with van der Waals surface area (Å²) in [6, 6.07) is 12.0. The molecule has 9 nitrogen and oxygen atoms in total. The molecule has 2 aromatic carbocycles.